The van der Waals surface area contributed by atoms with Crippen molar-refractivity contribution in [2.45, 2.75) is 19.8 Å². The Morgan fingerprint density at radius 2 is 2.47 bits per heavy atom. The van der Waals surface area contributed by atoms with Crippen molar-refractivity contribution in [1.29, 1.82) is 0 Å². The second kappa shape index (κ2) is 4.66. The summed E-state index contributed by atoms with van der Waals surface area (Å²) < 4.78 is 0.920. The molecule has 5 heteroatoms. The van der Waals surface area contributed by atoms with Crippen LogP contribution in [0.25, 0.3) is 0 Å². The van der Waals surface area contributed by atoms with Gasteiger partial charge < -0.3 is 4.90 Å². The monoisotopic (exact) mass is 289 g/mol. The SMILES string of the molecule is CCC1CCN(c2nc(Cl)ncc2Br)C1. The van der Waals surface area contributed by atoms with Crippen LogP contribution in [0.3, 0.4) is 0 Å². The molecule has 0 saturated carbocycles. The molecule has 0 amide bonds. The molecule has 1 aromatic heterocycles. The highest BCUT2D eigenvalue weighted by Crippen LogP contribution is 2.29. The van der Waals surface area contributed by atoms with Crippen LogP contribution in [0.1, 0.15) is 19.8 Å². The first-order valence-electron chi connectivity index (χ1n) is 5.13. The summed E-state index contributed by atoms with van der Waals surface area (Å²) in [6.45, 7) is 4.36. The van der Waals surface area contributed by atoms with Crippen LogP contribution in [0.2, 0.25) is 5.28 Å². The Morgan fingerprint density at radius 1 is 1.67 bits per heavy atom. The summed E-state index contributed by atoms with van der Waals surface area (Å²) in [5.74, 6) is 1.71. The van der Waals surface area contributed by atoms with Crippen LogP contribution in [0.4, 0.5) is 5.82 Å². The Morgan fingerprint density at radius 3 is 3.13 bits per heavy atom. The summed E-state index contributed by atoms with van der Waals surface area (Å²) in [5, 5.41) is 0.313. The topological polar surface area (TPSA) is 29.0 Å². The number of anilines is 1. The quantitative estimate of drug-likeness (QED) is 0.784. The fourth-order valence-electron chi connectivity index (χ4n) is 1.92. The maximum Gasteiger partial charge on any atom is 0.224 e. The van der Waals surface area contributed by atoms with Crippen molar-refractivity contribution in [3.05, 3.63) is 16.0 Å². The lowest BCUT2D eigenvalue weighted by atomic mass is 10.1. The molecule has 0 bridgehead atoms. The van der Waals surface area contributed by atoms with Crippen LogP contribution in [0.5, 0.6) is 0 Å². The van der Waals surface area contributed by atoms with Gasteiger partial charge in [-0.2, -0.15) is 4.98 Å². The molecule has 1 aliphatic heterocycles. The third kappa shape index (κ3) is 2.42. The molecule has 1 unspecified atom stereocenters. The summed E-state index contributed by atoms with van der Waals surface area (Å²) in [7, 11) is 0. The molecule has 0 aromatic carbocycles. The fourth-order valence-corrected chi connectivity index (χ4v) is 2.49. The van der Waals surface area contributed by atoms with E-state index >= 15 is 0 Å². The zero-order valence-electron chi connectivity index (χ0n) is 8.58. The number of aromatic nitrogens is 2. The van der Waals surface area contributed by atoms with E-state index < -0.39 is 0 Å². The van der Waals surface area contributed by atoms with Crippen LogP contribution >= 0.6 is 27.5 Å². The molecule has 0 N–H and O–H groups in total. The molecule has 0 radical (unpaired) electrons. The van der Waals surface area contributed by atoms with Gasteiger partial charge in [-0.3, -0.25) is 0 Å². The van der Waals surface area contributed by atoms with Crippen LogP contribution in [0.15, 0.2) is 10.7 Å². The van der Waals surface area contributed by atoms with E-state index in [0.29, 0.717) is 5.28 Å². The summed E-state index contributed by atoms with van der Waals surface area (Å²) in [6, 6.07) is 0. The van der Waals surface area contributed by atoms with E-state index in [9.17, 15) is 0 Å². The number of hydrogen-bond acceptors (Lipinski definition) is 3. The van der Waals surface area contributed by atoms with E-state index in [1.807, 2.05) is 0 Å². The highest BCUT2D eigenvalue weighted by Gasteiger charge is 2.23. The van der Waals surface area contributed by atoms with Crippen molar-refractivity contribution in [1.82, 2.24) is 9.97 Å². The molecule has 3 nitrogen and oxygen atoms in total. The summed E-state index contributed by atoms with van der Waals surface area (Å²) in [5.41, 5.74) is 0. The van der Waals surface area contributed by atoms with E-state index in [2.05, 4.69) is 37.7 Å². The normalized spacial score (nSPS) is 21.0. The summed E-state index contributed by atoms with van der Waals surface area (Å²) >= 11 is 9.25. The minimum absolute atomic E-state index is 0.313. The van der Waals surface area contributed by atoms with Crippen molar-refractivity contribution in [3.8, 4) is 0 Å². The minimum atomic E-state index is 0.313. The minimum Gasteiger partial charge on any atom is -0.355 e. The Kier molecular flexibility index (Phi) is 3.46. The average molecular weight is 291 g/mol. The molecular formula is C10H13BrClN3. The van der Waals surface area contributed by atoms with Gasteiger partial charge in [-0.25, -0.2) is 4.98 Å². The largest absolute Gasteiger partial charge is 0.355 e. The zero-order chi connectivity index (χ0) is 10.8. The first-order valence-corrected chi connectivity index (χ1v) is 6.30. The zero-order valence-corrected chi connectivity index (χ0v) is 10.9. The van der Waals surface area contributed by atoms with Gasteiger partial charge in [-0.05, 0) is 39.9 Å². The van der Waals surface area contributed by atoms with Crippen molar-refractivity contribution in [3.63, 3.8) is 0 Å². The lowest BCUT2D eigenvalue weighted by molar-refractivity contribution is 0.568. The summed E-state index contributed by atoms with van der Waals surface area (Å²) in [4.78, 5) is 10.5. The second-order valence-electron chi connectivity index (χ2n) is 3.82. The van der Waals surface area contributed by atoms with Gasteiger partial charge in [0.1, 0.15) is 5.82 Å². The van der Waals surface area contributed by atoms with Gasteiger partial charge in [0.05, 0.1) is 4.47 Å². The fraction of sp³-hybridized carbons (Fsp3) is 0.600. The third-order valence-electron chi connectivity index (χ3n) is 2.86. The molecule has 15 heavy (non-hydrogen) atoms. The van der Waals surface area contributed by atoms with Gasteiger partial charge in [-0.1, -0.05) is 13.3 Å². The Bertz CT molecular complexity index is 359. The summed E-state index contributed by atoms with van der Waals surface area (Å²) in [6.07, 6.45) is 4.18. The van der Waals surface area contributed by atoms with E-state index in [4.69, 9.17) is 11.6 Å². The average Bonchev–Trinajstić information content (AvgIpc) is 2.70. The molecule has 2 rings (SSSR count). The van der Waals surface area contributed by atoms with Crippen molar-refractivity contribution in [2.24, 2.45) is 5.92 Å². The first-order chi connectivity index (χ1) is 7.20. The molecule has 1 aliphatic rings. The van der Waals surface area contributed by atoms with Gasteiger partial charge in [-0.15, -0.1) is 0 Å². The lowest BCUT2D eigenvalue weighted by Crippen LogP contribution is -2.21. The molecule has 1 aromatic rings. The van der Waals surface area contributed by atoms with Crippen molar-refractivity contribution < 1.29 is 0 Å². The maximum atomic E-state index is 5.80. The van der Waals surface area contributed by atoms with Gasteiger partial charge in [0.2, 0.25) is 5.28 Å². The van der Waals surface area contributed by atoms with E-state index in [1.165, 1.54) is 12.8 Å². The molecule has 2 heterocycles. The van der Waals surface area contributed by atoms with E-state index in [-0.39, 0.29) is 0 Å². The smallest absolute Gasteiger partial charge is 0.224 e. The first kappa shape index (κ1) is 11.1. The van der Waals surface area contributed by atoms with Crippen molar-refractivity contribution >= 4 is 33.3 Å². The van der Waals surface area contributed by atoms with Gasteiger partial charge in [0, 0.05) is 19.3 Å². The van der Waals surface area contributed by atoms with E-state index in [0.717, 1.165) is 29.3 Å². The number of hydrogen-bond donors (Lipinski definition) is 0. The molecule has 1 atom stereocenters. The molecule has 0 spiro atoms. The van der Waals surface area contributed by atoms with Gasteiger partial charge in [0.25, 0.3) is 0 Å². The Hall–Kier alpha value is -0.350. The third-order valence-corrected chi connectivity index (χ3v) is 3.60. The van der Waals surface area contributed by atoms with Crippen LogP contribution in [-0.4, -0.2) is 23.1 Å². The molecular weight excluding hydrogens is 277 g/mol. The van der Waals surface area contributed by atoms with Crippen molar-refractivity contribution in [2.75, 3.05) is 18.0 Å². The van der Waals surface area contributed by atoms with E-state index in [1.54, 1.807) is 6.20 Å². The number of rotatable bonds is 2. The van der Waals surface area contributed by atoms with Crippen LogP contribution < -0.4 is 4.90 Å². The molecule has 82 valence electrons. The lowest BCUT2D eigenvalue weighted by Gasteiger charge is -2.18. The maximum absolute atomic E-state index is 5.80. The molecule has 1 fully saturated rings. The predicted molar refractivity (Wildman–Crippen MR) is 65.4 cm³/mol. The Labute approximate surface area is 103 Å². The van der Waals surface area contributed by atoms with Crippen LogP contribution in [-0.2, 0) is 0 Å². The van der Waals surface area contributed by atoms with Gasteiger partial charge >= 0.3 is 0 Å². The molecule has 0 aliphatic carbocycles. The number of halogens is 2. The number of nitrogens with zero attached hydrogens (tertiary/aromatic N) is 3. The highest BCUT2D eigenvalue weighted by atomic mass is 79.9. The standard InChI is InChI=1S/C10H13BrClN3/c1-2-7-3-4-15(6-7)9-8(11)5-13-10(12)14-9/h5,7H,2-4,6H2,1H3. The second-order valence-corrected chi connectivity index (χ2v) is 5.01. The highest BCUT2D eigenvalue weighted by molar-refractivity contribution is 9.10. The van der Waals surface area contributed by atoms with Crippen LogP contribution in [0, 0.1) is 5.92 Å². The molecule has 1 saturated heterocycles. The Balaban J connectivity index is 2.19. The predicted octanol–water partition coefficient (Wildman–Crippen LogP) is 3.13. The van der Waals surface area contributed by atoms with Gasteiger partial charge in [0.15, 0.2) is 0 Å².